The van der Waals surface area contributed by atoms with Crippen molar-refractivity contribution in [2.75, 3.05) is 13.2 Å². The number of hydrogen-bond donors (Lipinski definition) is 2. The van der Waals surface area contributed by atoms with Crippen molar-refractivity contribution >= 4 is 0 Å². The highest BCUT2D eigenvalue weighted by atomic mass is 16.8. The van der Waals surface area contributed by atoms with Crippen LogP contribution in [0.15, 0.2) is 60.7 Å². The van der Waals surface area contributed by atoms with Crippen LogP contribution in [-0.4, -0.2) is 47.2 Å². The summed E-state index contributed by atoms with van der Waals surface area (Å²) in [4.78, 5) is 0. The van der Waals surface area contributed by atoms with Gasteiger partial charge in [-0.25, -0.2) is 0 Å². The van der Waals surface area contributed by atoms with Crippen molar-refractivity contribution < 1.29 is 24.4 Å². The van der Waals surface area contributed by atoms with Crippen LogP contribution in [0.2, 0.25) is 0 Å². The average Bonchev–Trinajstić information content (AvgIpc) is 3.49. The molecule has 4 unspecified atom stereocenters. The van der Waals surface area contributed by atoms with Crippen LogP contribution < -0.4 is 0 Å². The Morgan fingerprint density at radius 1 is 0.760 bits per heavy atom. The molecule has 25 heavy (non-hydrogen) atoms. The van der Waals surface area contributed by atoms with Crippen LogP contribution in [0.4, 0.5) is 0 Å². The normalized spacial score (nSPS) is 26.5. The third-order valence-corrected chi connectivity index (χ3v) is 4.63. The van der Waals surface area contributed by atoms with E-state index in [-0.39, 0.29) is 12.8 Å². The lowest BCUT2D eigenvalue weighted by Gasteiger charge is -2.36. The van der Waals surface area contributed by atoms with Gasteiger partial charge >= 0.3 is 0 Å². The molecule has 5 heteroatoms. The summed E-state index contributed by atoms with van der Waals surface area (Å²) in [6.45, 7) is 0.826. The molecule has 2 aliphatic heterocycles. The Morgan fingerprint density at radius 3 is 1.44 bits per heavy atom. The van der Waals surface area contributed by atoms with Crippen LogP contribution in [0.25, 0.3) is 0 Å². The Bertz CT molecular complexity index is 637. The van der Waals surface area contributed by atoms with Crippen molar-refractivity contribution in [3.63, 3.8) is 0 Å². The van der Waals surface area contributed by atoms with Crippen LogP contribution in [0, 0.1) is 0 Å². The van der Waals surface area contributed by atoms with Crippen molar-refractivity contribution in [2.24, 2.45) is 0 Å². The highest BCUT2D eigenvalue weighted by Crippen LogP contribution is 2.38. The van der Waals surface area contributed by atoms with Crippen LogP contribution >= 0.6 is 0 Å². The molecule has 0 bridgehead atoms. The Morgan fingerprint density at radius 2 is 1.12 bits per heavy atom. The number of rotatable bonds is 8. The minimum absolute atomic E-state index is 0.238. The monoisotopic (exact) mass is 342 g/mol. The molecule has 0 saturated carbocycles. The Hall–Kier alpha value is -1.76. The van der Waals surface area contributed by atoms with Crippen molar-refractivity contribution in [3.05, 3.63) is 71.8 Å². The summed E-state index contributed by atoms with van der Waals surface area (Å²) in [5.41, 5.74) is 1.83. The van der Waals surface area contributed by atoms with Crippen LogP contribution in [-0.2, 0) is 27.1 Å². The molecule has 0 aliphatic carbocycles. The zero-order valence-corrected chi connectivity index (χ0v) is 13.9. The maximum absolute atomic E-state index is 11.1. The van der Waals surface area contributed by atoms with E-state index in [4.69, 9.17) is 14.2 Å². The topological polar surface area (TPSA) is 74.8 Å². The van der Waals surface area contributed by atoms with E-state index in [0.29, 0.717) is 13.2 Å². The highest BCUT2D eigenvalue weighted by molar-refractivity contribution is 5.19. The lowest BCUT2D eigenvalue weighted by atomic mass is 9.98. The fourth-order valence-corrected chi connectivity index (χ4v) is 3.13. The van der Waals surface area contributed by atoms with Gasteiger partial charge < -0.3 is 24.4 Å². The first kappa shape index (κ1) is 16.7. The molecule has 2 heterocycles. The molecule has 0 spiro atoms. The van der Waals surface area contributed by atoms with Gasteiger partial charge in [-0.3, -0.25) is 0 Å². The van der Waals surface area contributed by atoms with Crippen molar-refractivity contribution in [1.29, 1.82) is 0 Å². The van der Waals surface area contributed by atoms with Crippen molar-refractivity contribution in [3.8, 4) is 0 Å². The largest absolute Gasteiger partial charge is 0.367 e. The molecule has 0 radical (unpaired) electrons. The molecule has 0 aromatic heterocycles. The molecule has 2 aromatic carbocycles. The third kappa shape index (κ3) is 3.92. The zero-order valence-electron chi connectivity index (χ0n) is 13.9. The molecule has 2 aliphatic rings. The Kier molecular flexibility index (Phi) is 4.35. The Labute approximate surface area is 146 Å². The third-order valence-electron chi connectivity index (χ3n) is 4.63. The second kappa shape index (κ2) is 6.52. The fourth-order valence-electron chi connectivity index (χ4n) is 3.13. The first-order valence-electron chi connectivity index (χ1n) is 8.53. The first-order valence-corrected chi connectivity index (χ1v) is 8.53. The number of hydrogen-bond acceptors (Lipinski definition) is 5. The van der Waals surface area contributed by atoms with Gasteiger partial charge in [-0.1, -0.05) is 60.7 Å². The second-order valence-electron chi connectivity index (χ2n) is 6.76. The fraction of sp³-hybridized carbons (Fsp3) is 0.400. The number of epoxide rings is 2. The lowest BCUT2D eigenvalue weighted by molar-refractivity contribution is -0.343. The van der Waals surface area contributed by atoms with E-state index < -0.39 is 23.8 Å². The maximum atomic E-state index is 11.1. The van der Waals surface area contributed by atoms with Gasteiger partial charge in [0.15, 0.2) is 0 Å². The maximum Gasteiger partial charge on any atom is 0.201 e. The standard InChI is InChI=1S/C20H22O5/c21-19(17-13-23-17,11-15-7-3-1-4-8-15)25-20(22,18-14-24-18)12-16-9-5-2-6-10-16/h1-10,17-18,21-22H,11-14H2. The van der Waals surface area contributed by atoms with Gasteiger partial charge in [-0.05, 0) is 11.1 Å². The second-order valence-corrected chi connectivity index (χ2v) is 6.76. The Balaban J connectivity index is 1.56. The zero-order chi connectivity index (χ0) is 17.3. The lowest BCUT2D eigenvalue weighted by Crippen LogP contribution is -2.53. The van der Waals surface area contributed by atoms with Crippen molar-refractivity contribution in [1.82, 2.24) is 0 Å². The highest BCUT2D eigenvalue weighted by Gasteiger charge is 2.56. The molecule has 2 saturated heterocycles. The van der Waals surface area contributed by atoms with E-state index in [1.54, 1.807) is 0 Å². The van der Waals surface area contributed by atoms with Gasteiger partial charge in [0.2, 0.25) is 11.6 Å². The summed E-state index contributed by atoms with van der Waals surface area (Å²) >= 11 is 0. The van der Waals surface area contributed by atoms with Crippen LogP contribution in [0.3, 0.4) is 0 Å². The quantitative estimate of drug-likeness (QED) is 0.564. The van der Waals surface area contributed by atoms with Crippen molar-refractivity contribution in [2.45, 2.75) is 36.6 Å². The van der Waals surface area contributed by atoms with Crippen LogP contribution in [0.1, 0.15) is 11.1 Å². The van der Waals surface area contributed by atoms with Gasteiger partial charge in [0, 0.05) is 12.8 Å². The van der Waals surface area contributed by atoms with Gasteiger partial charge in [0.05, 0.1) is 13.2 Å². The van der Waals surface area contributed by atoms with E-state index in [1.807, 2.05) is 60.7 Å². The number of aliphatic hydroxyl groups is 2. The SMILES string of the molecule is OC(Cc1ccccc1)(OC(O)(Cc1ccccc1)C1CO1)C1CO1. The summed E-state index contributed by atoms with van der Waals surface area (Å²) in [6.07, 6.45) is -0.424. The summed E-state index contributed by atoms with van der Waals surface area (Å²) in [5, 5.41) is 22.3. The predicted octanol–water partition coefficient (Wildman–Crippen LogP) is 1.66. The van der Waals surface area contributed by atoms with E-state index in [9.17, 15) is 10.2 Å². The first-order chi connectivity index (χ1) is 12.1. The van der Waals surface area contributed by atoms with Gasteiger partial charge in [0.1, 0.15) is 12.2 Å². The van der Waals surface area contributed by atoms with Gasteiger partial charge in [-0.2, -0.15) is 0 Å². The van der Waals surface area contributed by atoms with Gasteiger partial charge in [0.25, 0.3) is 0 Å². The summed E-state index contributed by atoms with van der Waals surface area (Å²) in [7, 11) is 0. The predicted molar refractivity (Wildman–Crippen MR) is 90.8 cm³/mol. The molecule has 5 nitrogen and oxygen atoms in total. The van der Waals surface area contributed by atoms with Crippen LogP contribution in [0.5, 0.6) is 0 Å². The molecule has 2 aromatic rings. The molecule has 0 amide bonds. The minimum Gasteiger partial charge on any atom is -0.367 e. The summed E-state index contributed by atoms with van der Waals surface area (Å²) in [5.74, 6) is -3.20. The van der Waals surface area contributed by atoms with Gasteiger partial charge in [-0.15, -0.1) is 0 Å². The minimum atomic E-state index is -1.60. The average molecular weight is 342 g/mol. The molecule has 2 N–H and O–H groups in total. The molecule has 4 rings (SSSR count). The molecule has 132 valence electrons. The summed E-state index contributed by atoms with van der Waals surface area (Å²) in [6, 6.07) is 19.1. The van der Waals surface area contributed by atoms with E-state index >= 15 is 0 Å². The summed E-state index contributed by atoms with van der Waals surface area (Å²) < 4.78 is 16.6. The van der Waals surface area contributed by atoms with E-state index in [1.165, 1.54) is 0 Å². The molecule has 4 atom stereocenters. The molecular weight excluding hydrogens is 320 g/mol. The number of ether oxygens (including phenoxy) is 3. The van der Waals surface area contributed by atoms with E-state index in [2.05, 4.69) is 0 Å². The molecular formula is C20H22O5. The molecule has 2 fully saturated rings. The smallest absolute Gasteiger partial charge is 0.201 e. The van der Waals surface area contributed by atoms with E-state index in [0.717, 1.165) is 11.1 Å². The number of benzene rings is 2.